The van der Waals surface area contributed by atoms with E-state index in [4.69, 9.17) is 0 Å². The molecule has 0 atom stereocenters. The summed E-state index contributed by atoms with van der Waals surface area (Å²) in [7, 11) is 4.21. The van der Waals surface area contributed by atoms with Crippen LogP contribution in [0, 0.1) is 12.7 Å². The molecule has 4 heteroatoms. The third kappa shape index (κ3) is 3.76. The van der Waals surface area contributed by atoms with Gasteiger partial charge in [0.05, 0.1) is 5.54 Å². The Morgan fingerprint density at radius 3 is 2.35 bits per heavy atom. The number of benzene rings is 3. The number of hydrogen-bond acceptors (Lipinski definition) is 2. The summed E-state index contributed by atoms with van der Waals surface area (Å²) in [4.78, 5) is 18.6. The molecule has 2 aliphatic carbocycles. The first kappa shape index (κ1) is 24.1. The maximum atomic E-state index is 14.3. The molecule has 1 spiro atoms. The highest BCUT2D eigenvalue weighted by Crippen LogP contribution is 2.55. The Morgan fingerprint density at radius 1 is 0.919 bits per heavy atom. The predicted octanol–water partition coefficient (Wildman–Crippen LogP) is 6.76. The van der Waals surface area contributed by atoms with Crippen LogP contribution >= 0.6 is 0 Å². The minimum Gasteiger partial charge on any atom is -0.329 e. The van der Waals surface area contributed by atoms with E-state index in [1.54, 1.807) is 6.07 Å². The van der Waals surface area contributed by atoms with Crippen molar-refractivity contribution in [2.24, 2.45) is 0 Å². The van der Waals surface area contributed by atoms with E-state index in [2.05, 4.69) is 61.2 Å². The number of amides is 1. The van der Waals surface area contributed by atoms with Crippen LogP contribution < -0.4 is 0 Å². The van der Waals surface area contributed by atoms with Crippen molar-refractivity contribution in [1.82, 2.24) is 9.80 Å². The van der Waals surface area contributed by atoms with Crippen molar-refractivity contribution in [3.05, 3.63) is 112 Å². The van der Waals surface area contributed by atoms with Gasteiger partial charge in [0, 0.05) is 17.6 Å². The van der Waals surface area contributed by atoms with Crippen molar-refractivity contribution in [3.63, 3.8) is 0 Å². The molecule has 0 radical (unpaired) electrons. The summed E-state index contributed by atoms with van der Waals surface area (Å²) in [6, 6.07) is 23.9. The van der Waals surface area contributed by atoms with Gasteiger partial charge in [-0.2, -0.15) is 0 Å². The smallest absolute Gasteiger partial charge is 0.254 e. The lowest BCUT2D eigenvalue weighted by atomic mass is 9.63. The zero-order valence-corrected chi connectivity index (χ0v) is 22.1. The molecule has 0 unspecified atom stereocenters. The standard InChI is InChI=1S/C33H35FN2O/c1-23-11-13-24(14-12-23)31(37)36-20-15-29-28-10-5-4-7-25(28)21-30(29)33(36)18-16-32(17-19-33,35(2)3)26-8-6-9-27(34)22-26/h4-14,22H,15-21H2,1-3H3. The molecule has 190 valence electrons. The lowest BCUT2D eigenvalue weighted by molar-refractivity contribution is 0.00714. The molecule has 0 aromatic heterocycles. The van der Waals surface area contributed by atoms with Gasteiger partial charge in [0.25, 0.3) is 5.91 Å². The van der Waals surface area contributed by atoms with Crippen LogP contribution in [0.2, 0.25) is 0 Å². The lowest BCUT2D eigenvalue weighted by Gasteiger charge is -2.56. The van der Waals surface area contributed by atoms with Gasteiger partial charge in [-0.1, -0.05) is 54.1 Å². The minimum absolute atomic E-state index is 0.130. The van der Waals surface area contributed by atoms with E-state index < -0.39 is 0 Å². The SMILES string of the molecule is Cc1ccc(C(=O)N2CCC3=C(Cc4ccccc43)C23CCC(c2cccc(F)c2)(N(C)C)CC3)cc1. The number of halogens is 1. The Morgan fingerprint density at radius 2 is 1.65 bits per heavy atom. The fraction of sp³-hybridized carbons (Fsp3) is 0.364. The van der Waals surface area contributed by atoms with Gasteiger partial charge in [-0.05, 0) is 112 Å². The number of nitrogens with zero attached hydrogens (tertiary/aromatic N) is 2. The van der Waals surface area contributed by atoms with Gasteiger partial charge >= 0.3 is 0 Å². The van der Waals surface area contributed by atoms with Gasteiger partial charge in [0.2, 0.25) is 0 Å². The average Bonchev–Trinajstić information content (AvgIpc) is 3.29. The first-order chi connectivity index (χ1) is 17.8. The maximum absolute atomic E-state index is 14.3. The van der Waals surface area contributed by atoms with Gasteiger partial charge in [0.15, 0.2) is 0 Å². The van der Waals surface area contributed by atoms with Gasteiger partial charge in [0.1, 0.15) is 5.82 Å². The van der Waals surface area contributed by atoms with Crippen LogP contribution in [-0.4, -0.2) is 41.9 Å². The van der Waals surface area contributed by atoms with E-state index in [1.807, 2.05) is 30.3 Å². The second kappa shape index (κ2) is 8.95. The Labute approximate surface area is 219 Å². The molecule has 1 aliphatic heterocycles. The molecule has 0 bridgehead atoms. The molecular weight excluding hydrogens is 459 g/mol. The second-order valence-electron chi connectivity index (χ2n) is 11.3. The number of fused-ring (bicyclic) bond motifs is 3. The van der Waals surface area contributed by atoms with Crippen molar-refractivity contribution in [1.29, 1.82) is 0 Å². The van der Waals surface area contributed by atoms with E-state index in [0.29, 0.717) is 0 Å². The lowest BCUT2D eigenvalue weighted by Crippen LogP contribution is -2.60. The fourth-order valence-corrected chi connectivity index (χ4v) is 7.33. The van der Waals surface area contributed by atoms with Crippen molar-refractivity contribution in [3.8, 4) is 0 Å². The molecule has 3 aromatic carbocycles. The van der Waals surface area contributed by atoms with E-state index in [-0.39, 0.29) is 22.8 Å². The molecule has 3 aliphatic rings. The van der Waals surface area contributed by atoms with E-state index >= 15 is 0 Å². The van der Waals surface area contributed by atoms with Crippen molar-refractivity contribution in [2.45, 2.75) is 56.5 Å². The Bertz CT molecular complexity index is 1380. The molecule has 6 rings (SSSR count). The number of carbonyl (C=O) groups excluding carboxylic acids is 1. The van der Waals surface area contributed by atoms with Crippen molar-refractivity contribution < 1.29 is 9.18 Å². The molecule has 1 amide bonds. The zero-order chi connectivity index (χ0) is 25.8. The van der Waals surface area contributed by atoms with Crippen molar-refractivity contribution >= 4 is 11.5 Å². The van der Waals surface area contributed by atoms with Crippen LogP contribution in [0.4, 0.5) is 4.39 Å². The van der Waals surface area contributed by atoms with Gasteiger partial charge in [-0.25, -0.2) is 4.39 Å². The van der Waals surface area contributed by atoms with Crippen molar-refractivity contribution in [2.75, 3.05) is 20.6 Å². The summed E-state index contributed by atoms with van der Waals surface area (Å²) in [5.74, 6) is -0.0605. The summed E-state index contributed by atoms with van der Waals surface area (Å²) in [6.45, 7) is 2.78. The molecule has 0 N–H and O–H groups in total. The number of aryl methyl sites for hydroxylation is 1. The molecule has 1 heterocycles. The second-order valence-corrected chi connectivity index (χ2v) is 11.3. The normalized spacial score (nSPS) is 24.9. The summed E-state index contributed by atoms with van der Waals surface area (Å²) in [6.07, 6.45) is 5.28. The first-order valence-corrected chi connectivity index (χ1v) is 13.5. The van der Waals surface area contributed by atoms with E-state index in [0.717, 1.165) is 61.8 Å². The maximum Gasteiger partial charge on any atom is 0.254 e. The topological polar surface area (TPSA) is 23.6 Å². The van der Waals surface area contributed by atoms with Crippen LogP contribution in [0.3, 0.4) is 0 Å². The number of rotatable bonds is 3. The van der Waals surface area contributed by atoms with Crippen LogP contribution in [0.5, 0.6) is 0 Å². The van der Waals surface area contributed by atoms with E-state index in [9.17, 15) is 9.18 Å². The molecule has 1 saturated carbocycles. The van der Waals surface area contributed by atoms with Gasteiger partial charge in [-0.3, -0.25) is 9.69 Å². The minimum atomic E-state index is -0.318. The number of hydrogen-bond donors (Lipinski definition) is 0. The van der Waals surface area contributed by atoms with E-state index in [1.165, 1.54) is 28.3 Å². The third-order valence-electron chi connectivity index (χ3n) is 9.40. The van der Waals surface area contributed by atoms with Crippen LogP contribution in [0.1, 0.15) is 64.7 Å². The third-order valence-corrected chi connectivity index (χ3v) is 9.40. The predicted molar refractivity (Wildman–Crippen MR) is 147 cm³/mol. The summed E-state index contributed by atoms with van der Waals surface area (Å²) < 4.78 is 14.3. The quantitative estimate of drug-likeness (QED) is 0.402. The highest BCUT2D eigenvalue weighted by Gasteiger charge is 2.54. The van der Waals surface area contributed by atoms with Crippen LogP contribution in [0.15, 0.2) is 78.4 Å². The number of carbonyl (C=O) groups is 1. The molecule has 0 saturated heterocycles. The molecule has 3 nitrogen and oxygen atoms in total. The highest BCUT2D eigenvalue weighted by molar-refractivity contribution is 5.96. The zero-order valence-electron chi connectivity index (χ0n) is 22.1. The van der Waals surface area contributed by atoms with Gasteiger partial charge in [-0.15, -0.1) is 0 Å². The summed E-state index contributed by atoms with van der Waals surface area (Å²) >= 11 is 0. The average molecular weight is 495 g/mol. The largest absolute Gasteiger partial charge is 0.329 e. The van der Waals surface area contributed by atoms with Crippen LogP contribution in [0.25, 0.3) is 5.57 Å². The molecule has 37 heavy (non-hydrogen) atoms. The Hall–Kier alpha value is -3.24. The summed E-state index contributed by atoms with van der Waals surface area (Å²) in [5.41, 5.74) is 8.02. The fourth-order valence-electron chi connectivity index (χ4n) is 7.33. The highest BCUT2D eigenvalue weighted by atomic mass is 19.1. The monoisotopic (exact) mass is 494 g/mol. The first-order valence-electron chi connectivity index (χ1n) is 13.5. The molecule has 1 fully saturated rings. The Balaban J connectivity index is 1.43. The molecular formula is C33H35FN2O. The Kier molecular flexibility index (Phi) is 5.83. The van der Waals surface area contributed by atoms with Crippen LogP contribution in [-0.2, 0) is 12.0 Å². The summed E-state index contributed by atoms with van der Waals surface area (Å²) in [5, 5.41) is 0. The van der Waals surface area contributed by atoms with Gasteiger partial charge < -0.3 is 4.90 Å². The molecule has 3 aromatic rings.